The highest BCUT2D eigenvalue weighted by Crippen LogP contribution is 2.32. The Morgan fingerprint density at radius 2 is 1.81 bits per heavy atom. The molecule has 0 fully saturated rings. The van der Waals surface area contributed by atoms with E-state index in [1.807, 2.05) is 42.5 Å². The number of benzene rings is 3. The molecule has 0 radical (unpaired) electrons. The number of amides is 1. The minimum atomic E-state index is -0.752. The number of esters is 1. The van der Waals surface area contributed by atoms with Crippen molar-refractivity contribution in [2.75, 3.05) is 25.6 Å². The molecule has 0 aliphatic carbocycles. The Morgan fingerprint density at radius 1 is 1.05 bits per heavy atom. The molecule has 1 aliphatic heterocycles. The van der Waals surface area contributed by atoms with Crippen LogP contribution < -0.4 is 29.7 Å². The maximum absolute atomic E-state index is 14.0. The molecule has 9 nitrogen and oxygen atoms in total. The average Bonchev–Trinajstić information content (AvgIpc) is 3.30. The number of carbonyl (C=O) groups is 2. The number of ether oxygens (including phenoxy) is 3. The molecule has 0 unspecified atom stereocenters. The van der Waals surface area contributed by atoms with E-state index in [0.29, 0.717) is 48.9 Å². The molecule has 2 heterocycles. The zero-order chi connectivity index (χ0) is 29.6. The quantitative estimate of drug-likeness (QED) is 0.300. The van der Waals surface area contributed by atoms with Crippen LogP contribution in [-0.2, 0) is 14.3 Å². The largest absolute Gasteiger partial charge is 0.497 e. The number of hydrogen-bond donors (Lipinski definition) is 1. The van der Waals surface area contributed by atoms with Crippen molar-refractivity contribution in [2.24, 2.45) is 4.99 Å². The van der Waals surface area contributed by atoms with Crippen LogP contribution in [0.15, 0.2) is 99.9 Å². The Bertz CT molecular complexity index is 1840. The van der Waals surface area contributed by atoms with E-state index >= 15 is 0 Å². The third kappa shape index (κ3) is 6.03. The second kappa shape index (κ2) is 12.7. The van der Waals surface area contributed by atoms with Crippen molar-refractivity contribution < 1.29 is 23.8 Å². The number of nitrogens with one attached hydrogen (secondary N) is 1. The number of fused-ring (bicyclic) bond motifs is 1. The molecular formula is C32H29N3O6S. The van der Waals surface area contributed by atoms with Crippen molar-refractivity contribution in [1.82, 2.24) is 4.57 Å². The summed E-state index contributed by atoms with van der Waals surface area (Å²) in [5, 5.41) is 2.94. The topological polar surface area (TPSA) is 108 Å². The minimum absolute atomic E-state index is 0.254. The first-order valence-corrected chi connectivity index (χ1v) is 14.1. The molecule has 4 aromatic rings. The van der Waals surface area contributed by atoms with Gasteiger partial charge in [-0.3, -0.25) is 14.2 Å². The SMILES string of the molecule is CCOC(=O)COc1ccccc1/C=c1\sc2n(c1=O)[C@H](c1cccc(OC)c1)C(C(=O)Nc1ccccc1)=C(C)N=2. The van der Waals surface area contributed by atoms with E-state index in [4.69, 9.17) is 19.2 Å². The third-order valence-electron chi connectivity index (χ3n) is 6.56. The van der Waals surface area contributed by atoms with Gasteiger partial charge in [-0.25, -0.2) is 9.79 Å². The molecular weight excluding hydrogens is 554 g/mol. The number of thiazole rings is 1. The van der Waals surface area contributed by atoms with Gasteiger partial charge in [0.25, 0.3) is 11.5 Å². The van der Waals surface area contributed by atoms with Gasteiger partial charge in [-0.05, 0) is 55.8 Å². The lowest BCUT2D eigenvalue weighted by atomic mass is 9.95. The highest BCUT2D eigenvalue weighted by Gasteiger charge is 2.32. The summed E-state index contributed by atoms with van der Waals surface area (Å²) < 4.78 is 18.0. The predicted molar refractivity (Wildman–Crippen MR) is 160 cm³/mol. The van der Waals surface area contributed by atoms with Gasteiger partial charge in [-0.15, -0.1) is 0 Å². The van der Waals surface area contributed by atoms with Crippen LogP contribution in [0.3, 0.4) is 0 Å². The van der Waals surface area contributed by atoms with Crippen molar-refractivity contribution >= 4 is 35.0 Å². The van der Waals surface area contributed by atoms with Gasteiger partial charge >= 0.3 is 5.97 Å². The molecule has 1 atom stereocenters. The first kappa shape index (κ1) is 28.6. The highest BCUT2D eigenvalue weighted by molar-refractivity contribution is 7.07. The van der Waals surface area contributed by atoms with Gasteiger partial charge in [0.2, 0.25) is 0 Å². The smallest absolute Gasteiger partial charge is 0.344 e. The van der Waals surface area contributed by atoms with Crippen LogP contribution in [0.5, 0.6) is 11.5 Å². The van der Waals surface area contributed by atoms with Crippen LogP contribution in [0.25, 0.3) is 6.08 Å². The van der Waals surface area contributed by atoms with Gasteiger partial charge in [0.1, 0.15) is 11.5 Å². The number of aromatic nitrogens is 1. The molecule has 10 heteroatoms. The zero-order valence-corrected chi connectivity index (χ0v) is 24.1. The first-order valence-electron chi connectivity index (χ1n) is 13.3. The zero-order valence-electron chi connectivity index (χ0n) is 23.3. The summed E-state index contributed by atoms with van der Waals surface area (Å²) in [5.74, 6) is 0.184. The fourth-order valence-corrected chi connectivity index (χ4v) is 5.71. The van der Waals surface area contributed by atoms with Crippen molar-refractivity contribution in [3.63, 3.8) is 0 Å². The standard InChI is InChI=1S/C32H29N3O6S/c1-4-40-27(36)19-41-25-16-9-8-11-21(25)18-26-31(38)35-29(22-12-10-15-24(17-22)39-3)28(20(2)33-32(35)42-26)30(37)34-23-13-6-5-7-14-23/h5-18,29H,4,19H2,1-3H3,(H,34,37)/b26-18-/t29-/m1/s1. The summed E-state index contributed by atoms with van der Waals surface area (Å²) in [5.41, 5.74) is 2.48. The number of methoxy groups -OCH3 is 1. The summed E-state index contributed by atoms with van der Waals surface area (Å²) >= 11 is 1.21. The number of carbonyl (C=O) groups excluding carboxylic acids is 2. The molecule has 0 bridgehead atoms. The molecule has 1 N–H and O–H groups in total. The monoisotopic (exact) mass is 583 g/mol. The molecule has 1 amide bonds. The maximum atomic E-state index is 14.0. The molecule has 0 spiro atoms. The average molecular weight is 584 g/mol. The third-order valence-corrected chi connectivity index (χ3v) is 7.55. The lowest BCUT2D eigenvalue weighted by Gasteiger charge is -2.25. The van der Waals surface area contributed by atoms with Crippen molar-refractivity contribution in [1.29, 1.82) is 0 Å². The molecule has 5 rings (SSSR count). The first-order chi connectivity index (χ1) is 20.4. The maximum Gasteiger partial charge on any atom is 0.344 e. The van der Waals surface area contributed by atoms with Crippen molar-refractivity contribution in [3.05, 3.63) is 121 Å². The van der Waals surface area contributed by atoms with E-state index < -0.39 is 12.0 Å². The van der Waals surface area contributed by atoms with E-state index in [0.717, 1.165) is 0 Å². The lowest BCUT2D eigenvalue weighted by molar-refractivity contribution is -0.145. The molecule has 1 aromatic heterocycles. The number of nitrogens with zero attached hydrogens (tertiary/aromatic N) is 2. The van der Waals surface area contributed by atoms with Gasteiger partial charge in [-0.2, -0.15) is 0 Å². The van der Waals surface area contributed by atoms with Gasteiger partial charge in [0.05, 0.1) is 35.6 Å². The van der Waals surface area contributed by atoms with Gasteiger partial charge in [-0.1, -0.05) is 59.9 Å². The number of anilines is 1. The Labute approximate surface area is 246 Å². The summed E-state index contributed by atoms with van der Waals surface area (Å²) in [6.07, 6.45) is 1.70. The van der Waals surface area contributed by atoms with Gasteiger partial charge in [0.15, 0.2) is 11.4 Å². The Kier molecular flexibility index (Phi) is 8.63. The lowest BCUT2D eigenvalue weighted by Crippen LogP contribution is -2.40. The van der Waals surface area contributed by atoms with E-state index in [1.165, 1.54) is 11.3 Å². The number of para-hydroxylation sites is 2. The van der Waals surface area contributed by atoms with Crippen molar-refractivity contribution in [3.8, 4) is 11.5 Å². The summed E-state index contributed by atoms with van der Waals surface area (Å²) in [4.78, 5) is 44.8. The Morgan fingerprint density at radius 3 is 2.57 bits per heavy atom. The van der Waals surface area contributed by atoms with E-state index in [1.54, 1.807) is 68.0 Å². The van der Waals surface area contributed by atoms with Crippen LogP contribution in [0.2, 0.25) is 0 Å². The van der Waals surface area contributed by atoms with Gasteiger partial charge < -0.3 is 19.5 Å². The molecule has 214 valence electrons. The van der Waals surface area contributed by atoms with Crippen LogP contribution in [0, 0.1) is 0 Å². The Balaban J connectivity index is 1.61. The van der Waals surface area contributed by atoms with E-state index in [-0.39, 0.29) is 24.7 Å². The van der Waals surface area contributed by atoms with Gasteiger partial charge in [0, 0.05) is 11.3 Å². The molecule has 0 saturated heterocycles. The predicted octanol–water partition coefficient (Wildman–Crippen LogP) is 3.82. The van der Waals surface area contributed by atoms with Crippen LogP contribution in [0.4, 0.5) is 5.69 Å². The normalized spacial score (nSPS) is 14.5. The summed E-state index contributed by atoms with van der Waals surface area (Å²) in [6, 6.07) is 22.8. The number of hydrogen-bond acceptors (Lipinski definition) is 8. The van der Waals surface area contributed by atoms with Crippen molar-refractivity contribution in [2.45, 2.75) is 19.9 Å². The van der Waals surface area contributed by atoms with E-state index in [9.17, 15) is 14.4 Å². The second-order valence-corrected chi connectivity index (χ2v) is 10.3. The fraction of sp³-hybridized carbons (Fsp3) is 0.188. The second-order valence-electron chi connectivity index (χ2n) is 9.31. The Hall–Kier alpha value is -4.96. The molecule has 42 heavy (non-hydrogen) atoms. The van der Waals surface area contributed by atoms with Crippen LogP contribution in [-0.4, -0.2) is 36.8 Å². The molecule has 0 saturated carbocycles. The molecule has 1 aliphatic rings. The van der Waals surface area contributed by atoms with E-state index in [2.05, 4.69) is 5.32 Å². The number of rotatable bonds is 9. The highest BCUT2D eigenvalue weighted by atomic mass is 32.1. The summed E-state index contributed by atoms with van der Waals surface area (Å²) in [6.45, 7) is 3.49. The molecule has 3 aromatic carbocycles. The van der Waals surface area contributed by atoms with Crippen LogP contribution >= 0.6 is 11.3 Å². The fourth-order valence-electron chi connectivity index (χ4n) is 4.67. The summed E-state index contributed by atoms with van der Waals surface area (Å²) in [7, 11) is 1.57. The number of allylic oxidation sites excluding steroid dienone is 1. The minimum Gasteiger partial charge on any atom is -0.497 e. The van der Waals surface area contributed by atoms with Crippen LogP contribution in [0.1, 0.15) is 31.0 Å².